The fourth-order valence-electron chi connectivity index (χ4n) is 5.21. The molecule has 1 amide bonds. The number of rotatable bonds is 6. The fraction of sp³-hybridized carbons (Fsp3) is 0.462. The molecule has 2 fully saturated rings. The number of aromatic nitrogens is 3. The lowest BCUT2D eigenvalue weighted by Crippen LogP contribution is -2.57. The van der Waals surface area contributed by atoms with Gasteiger partial charge >= 0.3 is 12.3 Å². The smallest absolute Gasteiger partial charge is 0.416 e. The number of alkyl halides is 3. The van der Waals surface area contributed by atoms with E-state index in [1.54, 1.807) is 17.0 Å². The van der Waals surface area contributed by atoms with Crippen LogP contribution in [-0.2, 0) is 17.5 Å². The number of halogens is 3. The highest BCUT2D eigenvalue weighted by Crippen LogP contribution is 2.29. The average Bonchev–Trinajstić information content (AvgIpc) is 3.41. The van der Waals surface area contributed by atoms with E-state index in [2.05, 4.69) is 25.6 Å². The Morgan fingerprint density at radius 2 is 1.74 bits per heavy atom. The van der Waals surface area contributed by atoms with Gasteiger partial charge in [0.25, 0.3) is 0 Å². The lowest BCUT2D eigenvalue weighted by Gasteiger charge is -2.42. The normalized spacial score (nSPS) is 18.4. The first-order valence-corrected chi connectivity index (χ1v) is 12.7. The third kappa shape index (κ3) is 5.81. The Hall–Kier alpha value is -3.51. The van der Waals surface area contributed by atoms with Crippen molar-refractivity contribution in [2.75, 3.05) is 39.3 Å². The van der Waals surface area contributed by atoms with Gasteiger partial charge in [0.1, 0.15) is 12.1 Å². The number of Topliss-reactive ketones (excluding diaryl/α,β-unsaturated/α-hetero) is 1. The maximum Gasteiger partial charge on any atom is 0.416 e. The fourth-order valence-corrected chi connectivity index (χ4v) is 5.21. The predicted molar refractivity (Wildman–Crippen MR) is 132 cm³/mol. The van der Waals surface area contributed by atoms with Gasteiger partial charge in [-0.1, -0.05) is 17.3 Å². The summed E-state index contributed by atoms with van der Waals surface area (Å²) in [7, 11) is 0. The Bertz CT molecular complexity index is 1270. The number of H-pyrrole nitrogens is 1. The molecule has 38 heavy (non-hydrogen) atoms. The molecule has 9 nitrogen and oxygen atoms in total. The number of nitrogens with one attached hydrogen (secondary N) is 2. The van der Waals surface area contributed by atoms with Crippen molar-refractivity contribution >= 4 is 22.9 Å². The summed E-state index contributed by atoms with van der Waals surface area (Å²) in [5.74, 6) is 0.232. The van der Waals surface area contributed by atoms with Crippen molar-refractivity contribution in [2.24, 2.45) is 5.92 Å². The number of fused-ring (bicyclic) bond motifs is 1. The maximum atomic E-state index is 13.8. The van der Waals surface area contributed by atoms with E-state index < -0.39 is 17.8 Å². The summed E-state index contributed by atoms with van der Waals surface area (Å²) < 4.78 is 43.6. The van der Waals surface area contributed by atoms with Crippen molar-refractivity contribution in [1.29, 1.82) is 0 Å². The first kappa shape index (κ1) is 26.1. The molecule has 0 bridgehead atoms. The van der Waals surface area contributed by atoms with E-state index in [-0.39, 0.29) is 24.3 Å². The predicted octanol–water partition coefficient (Wildman–Crippen LogP) is 3.48. The molecule has 2 saturated heterocycles. The average molecular weight is 531 g/mol. The van der Waals surface area contributed by atoms with Crippen LogP contribution in [0.2, 0.25) is 0 Å². The summed E-state index contributed by atoms with van der Waals surface area (Å²) >= 11 is 0. The number of piperazine rings is 1. The second-order valence-corrected chi connectivity index (χ2v) is 9.71. The van der Waals surface area contributed by atoms with Crippen molar-refractivity contribution < 1.29 is 27.5 Å². The van der Waals surface area contributed by atoms with Crippen LogP contribution in [0, 0.1) is 5.92 Å². The number of piperidine rings is 1. The topological polar surface area (TPSA) is 103 Å². The van der Waals surface area contributed by atoms with Gasteiger partial charge in [-0.25, -0.2) is 4.79 Å². The lowest BCUT2D eigenvalue weighted by molar-refractivity contribution is -0.137. The molecular formula is C26H29F3N6O3. The van der Waals surface area contributed by atoms with Gasteiger partial charge in [-0.15, -0.1) is 5.10 Å². The first-order valence-electron chi connectivity index (χ1n) is 12.7. The van der Waals surface area contributed by atoms with E-state index in [1.165, 1.54) is 12.1 Å². The molecule has 5 rings (SSSR count). The third-order valence-electron chi connectivity index (χ3n) is 7.32. The van der Waals surface area contributed by atoms with Gasteiger partial charge in [0.15, 0.2) is 5.78 Å². The number of aromatic amines is 1. The highest BCUT2D eigenvalue weighted by atomic mass is 19.4. The monoisotopic (exact) mass is 530 g/mol. The highest BCUT2D eigenvalue weighted by Gasteiger charge is 2.37. The molecule has 3 heterocycles. The Morgan fingerprint density at radius 3 is 2.42 bits per heavy atom. The summed E-state index contributed by atoms with van der Waals surface area (Å²) in [6.45, 7) is 3.41. The van der Waals surface area contributed by atoms with Crippen molar-refractivity contribution in [3.05, 3.63) is 59.2 Å². The molecule has 202 valence electrons. The third-order valence-corrected chi connectivity index (χ3v) is 7.32. The summed E-state index contributed by atoms with van der Waals surface area (Å²) in [6, 6.07) is 9.62. The Morgan fingerprint density at radius 1 is 1.03 bits per heavy atom. The van der Waals surface area contributed by atoms with E-state index in [1.807, 2.05) is 6.07 Å². The van der Waals surface area contributed by atoms with E-state index >= 15 is 0 Å². The summed E-state index contributed by atoms with van der Waals surface area (Å²) in [4.78, 5) is 30.2. The lowest BCUT2D eigenvalue weighted by atomic mass is 9.84. The molecule has 3 aromatic rings. The summed E-state index contributed by atoms with van der Waals surface area (Å²) in [6.07, 6.45) is -3.16. The van der Waals surface area contributed by atoms with Crippen molar-refractivity contribution in [2.45, 2.75) is 31.7 Å². The van der Waals surface area contributed by atoms with Crippen molar-refractivity contribution in [3.63, 3.8) is 0 Å². The van der Waals surface area contributed by atoms with Crippen LogP contribution in [0.1, 0.15) is 34.3 Å². The second-order valence-electron chi connectivity index (χ2n) is 9.71. The molecule has 2 N–H and O–H groups in total. The molecule has 0 saturated carbocycles. The number of carbonyl (C=O) groups excluding carboxylic acids is 2. The summed E-state index contributed by atoms with van der Waals surface area (Å²) in [5.41, 5.74) is 1.73. The minimum Gasteiger partial charge on any atom is -0.445 e. The van der Waals surface area contributed by atoms with Crippen LogP contribution in [-0.4, -0.2) is 82.4 Å². The SMILES string of the molecule is O=C(c1ccc2[nH]nnc2c1)C(C1CCNCC1)N1CCN(C(=O)OCc2ccc(C(F)(F)F)cc2)CC1. The van der Waals surface area contributed by atoms with Gasteiger partial charge in [0, 0.05) is 31.7 Å². The zero-order valence-electron chi connectivity index (χ0n) is 20.7. The number of amides is 1. The van der Waals surface area contributed by atoms with Gasteiger partial charge in [0.2, 0.25) is 0 Å². The van der Waals surface area contributed by atoms with Crippen LogP contribution < -0.4 is 5.32 Å². The van der Waals surface area contributed by atoms with Gasteiger partial charge < -0.3 is 15.0 Å². The largest absolute Gasteiger partial charge is 0.445 e. The standard InChI is InChI=1S/C26H29F3N6O3/c27-26(28,29)20-4-1-17(2-5-20)16-38-25(37)35-13-11-34(12-14-35)23(18-7-9-30-10-8-18)24(36)19-3-6-21-22(15-19)32-33-31-21/h1-6,15,18,23,30H,7-14,16H2,(H,31,32,33). The number of carbonyl (C=O) groups is 2. The Labute approximate surface area is 217 Å². The number of ether oxygens (including phenoxy) is 1. The quantitative estimate of drug-likeness (QED) is 0.471. The van der Waals surface area contributed by atoms with Gasteiger partial charge in [0.05, 0.1) is 17.1 Å². The molecule has 2 aromatic carbocycles. The highest BCUT2D eigenvalue weighted by molar-refractivity contribution is 6.02. The molecule has 0 aliphatic carbocycles. The Balaban J connectivity index is 1.21. The molecule has 1 aromatic heterocycles. The molecule has 2 aliphatic rings. The van der Waals surface area contributed by atoms with Gasteiger partial charge in [-0.3, -0.25) is 14.8 Å². The van der Waals surface area contributed by atoms with Crippen LogP contribution in [0.5, 0.6) is 0 Å². The second kappa shape index (κ2) is 11.1. The molecule has 0 spiro atoms. The molecule has 0 radical (unpaired) electrons. The van der Waals surface area contributed by atoms with Crippen LogP contribution in [0.25, 0.3) is 11.0 Å². The minimum atomic E-state index is -4.41. The van der Waals surface area contributed by atoms with Gasteiger partial charge in [-0.2, -0.15) is 13.2 Å². The first-order chi connectivity index (χ1) is 18.3. The van der Waals surface area contributed by atoms with E-state index in [9.17, 15) is 22.8 Å². The van der Waals surface area contributed by atoms with E-state index in [0.717, 1.165) is 43.6 Å². The van der Waals surface area contributed by atoms with Crippen molar-refractivity contribution in [3.8, 4) is 0 Å². The van der Waals surface area contributed by atoms with E-state index in [4.69, 9.17) is 4.74 Å². The van der Waals surface area contributed by atoms with Gasteiger partial charge in [-0.05, 0) is 67.7 Å². The van der Waals surface area contributed by atoms with E-state index in [0.29, 0.717) is 42.8 Å². The van der Waals surface area contributed by atoms with Crippen LogP contribution >= 0.6 is 0 Å². The molecule has 12 heteroatoms. The number of ketones is 1. The number of hydrogen-bond donors (Lipinski definition) is 2. The van der Waals surface area contributed by atoms with Crippen LogP contribution in [0.3, 0.4) is 0 Å². The molecular weight excluding hydrogens is 501 g/mol. The van der Waals surface area contributed by atoms with Crippen LogP contribution in [0.4, 0.5) is 18.0 Å². The zero-order valence-corrected chi connectivity index (χ0v) is 20.7. The zero-order chi connectivity index (χ0) is 26.7. The number of nitrogens with zero attached hydrogens (tertiary/aromatic N) is 4. The van der Waals surface area contributed by atoms with Crippen molar-refractivity contribution in [1.82, 2.24) is 30.5 Å². The molecule has 1 unspecified atom stereocenters. The number of hydrogen-bond acceptors (Lipinski definition) is 7. The minimum absolute atomic E-state index is 0.0418. The molecule has 1 atom stereocenters. The number of benzene rings is 2. The maximum absolute atomic E-state index is 13.8. The Kier molecular flexibility index (Phi) is 7.61. The summed E-state index contributed by atoms with van der Waals surface area (Å²) in [5, 5.41) is 14.0. The van der Waals surface area contributed by atoms with Crippen LogP contribution in [0.15, 0.2) is 42.5 Å². The molecule has 2 aliphatic heterocycles.